The maximum Gasteiger partial charge on any atom is 0.126 e. The smallest absolute Gasteiger partial charge is 0.126 e. The molecule has 0 saturated heterocycles. The Labute approximate surface area is 152 Å². The van der Waals surface area contributed by atoms with E-state index in [2.05, 4.69) is 30.3 Å². The van der Waals surface area contributed by atoms with Gasteiger partial charge in [0.25, 0.3) is 0 Å². The molecule has 140 valence electrons. The Bertz CT molecular complexity index is 530. The van der Waals surface area contributed by atoms with Gasteiger partial charge < -0.3 is 20.1 Å². The van der Waals surface area contributed by atoms with Gasteiger partial charge in [-0.05, 0) is 63.8 Å². The predicted octanol–water partition coefficient (Wildman–Crippen LogP) is 3.12. The van der Waals surface area contributed by atoms with Crippen LogP contribution in [0.3, 0.4) is 0 Å². The molecule has 0 unspecified atom stereocenters. The van der Waals surface area contributed by atoms with E-state index in [-0.39, 0.29) is 12.1 Å². The van der Waals surface area contributed by atoms with Gasteiger partial charge >= 0.3 is 0 Å². The highest BCUT2D eigenvalue weighted by Crippen LogP contribution is 2.25. The molecule has 1 aromatic rings. The first kappa shape index (κ1) is 18.7. The lowest BCUT2D eigenvalue weighted by molar-refractivity contribution is -0.0157. The number of aliphatic hydroxyl groups excluding tert-OH is 1. The van der Waals surface area contributed by atoms with Crippen LogP contribution in [0.4, 0.5) is 0 Å². The number of benzene rings is 1. The summed E-state index contributed by atoms with van der Waals surface area (Å²) in [5, 5.41) is 14.3. The van der Waals surface area contributed by atoms with E-state index in [1.54, 1.807) is 0 Å². The molecule has 0 radical (unpaired) electrons. The Morgan fingerprint density at radius 2 is 1.96 bits per heavy atom. The third kappa shape index (κ3) is 5.19. The second-order valence-electron chi connectivity index (χ2n) is 7.87. The van der Waals surface area contributed by atoms with Crippen LogP contribution in [0.15, 0.2) is 24.3 Å². The van der Waals surface area contributed by atoms with Gasteiger partial charge in [0.15, 0.2) is 0 Å². The van der Waals surface area contributed by atoms with Gasteiger partial charge in [0, 0.05) is 25.2 Å². The van der Waals surface area contributed by atoms with Crippen molar-refractivity contribution in [2.75, 3.05) is 20.1 Å². The van der Waals surface area contributed by atoms with E-state index in [0.717, 1.165) is 44.1 Å². The molecule has 1 aromatic carbocycles. The number of aliphatic hydroxyl groups is 1. The van der Waals surface area contributed by atoms with Crippen LogP contribution >= 0.6 is 0 Å². The summed E-state index contributed by atoms with van der Waals surface area (Å²) >= 11 is 0. The molecule has 0 aromatic heterocycles. The molecule has 2 aliphatic carbocycles. The normalized spacial score (nSPS) is 27.8. The van der Waals surface area contributed by atoms with E-state index in [4.69, 9.17) is 4.74 Å². The number of hydrogen-bond donors (Lipinski definition) is 2. The van der Waals surface area contributed by atoms with Gasteiger partial charge in [-0.1, -0.05) is 25.0 Å². The average Bonchev–Trinajstić information content (AvgIpc) is 3.13. The molecule has 3 rings (SSSR count). The minimum absolute atomic E-state index is 0.111. The molecule has 2 saturated carbocycles. The molecule has 0 amide bonds. The average molecular weight is 347 g/mol. The van der Waals surface area contributed by atoms with Gasteiger partial charge in [0.1, 0.15) is 18.0 Å². The molecule has 3 atom stereocenters. The summed E-state index contributed by atoms with van der Waals surface area (Å²) in [6.45, 7) is 4.05. The zero-order chi connectivity index (χ0) is 17.6. The molecule has 0 aliphatic heterocycles. The van der Waals surface area contributed by atoms with Crippen molar-refractivity contribution >= 4 is 0 Å². The number of ether oxygens (including phenoxy) is 1. The Kier molecular flexibility index (Phi) is 6.74. The predicted molar refractivity (Wildman–Crippen MR) is 102 cm³/mol. The summed E-state index contributed by atoms with van der Waals surface area (Å²) in [4.78, 5) is 2.48. The van der Waals surface area contributed by atoms with Crippen LogP contribution in [-0.4, -0.2) is 54.4 Å². The molecule has 4 nitrogen and oxygen atoms in total. The summed E-state index contributed by atoms with van der Waals surface area (Å²) in [7, 11) is 2.23. The quantitative estimate of drug-likeness (QED) is 0.796. The third-order valence-electron chi connectivity index (χ3n) is 5.89. The van der Waals surface area contributed by atoms with Gasteiger partial charge in [-0.3, -0.25) is 0 Å². The molecule has 4 heteroatoms. The van der Waals surface area contributed by atoms with Crippen LogP contribution in [0.2, 0.25) is 0 Å². The molecule has 0 heterocycles. The maximum atomic E-state index is 10.7. The Morgan fingerprint density at radius 3 is 2.72 bits per heavy atom. The summed E-state index contributed by atoms with van der Waals surface area (Å²) in [6.07, 6.45) is 7.95. The molecular formula is C21H34N2O2. The summed E-state index contributed by atoms with van der Waals surface area (Å²) in [5.41, 5.74) is 1.19. The number of aryl methyl sites for hydroxylation is 1. The van der Waals surface area contributed by atoms with Crippen LogP contribution < -0.4 is 10.1 Å². The number of rotatable bonds is 7. The van der Waals surface area contributed by atoms with Crippen molar-refractivity contribution in [2.24, 2.45) is 0 Å². The molecule has 2 N–H and O–H groups in total. The van der Waals surface area contributed by atoms with Crippen LogP contribution in [0.25, 0.3) is 0 Å². The lowest BCUT2D eigenvalue weighted by Crippen LogP contribution is -2.52. The number of likely N-dealkylation sites (N-methyl/N-ethyl adjacent to an activating group) is 1. The first-order valence-electron chi connectivity index (χ1n) is 9.98. The second-order valence-corrected chi connectivity index (χ2v) is 7.87. The minimum Gasteiger partial charge on any atom is -0.488 e. The molecule has 2 aliphatic rings. The van der Waals surface area contributed by atoms with Crippen molar-refractivity contribution in [1.29, 1.82) is 0 Å². The summed E-state index contributed by atoms with van der Waals surface area (Å²) in [6, 6.07) is 8.99. The van der Waals surface area contributed by atoms with Gasteiger partial charge in [-0.25, -0.2) is 0 Å². The SMILES string of the molecule is Cc1cccc(O[C@@H]2CCC[C@H](NCCN(C)C3CCCC3)[C@H]2O)c1. The fourth-order valence-corrected chi connectivity index (χ4v) is 4.31. The highest BCUT2D eigenvalue weighted by atomic mass is 16.5. The molecule has 25 heavy (non-hydrogen) atoms. The molecule has 0 spiro atoms. The molecular weight excluding hydrogens is 312 g/mol. The van der Waals surface area contributed by atoms with Crippen molar-refractivity contribution in [3.63, 3.8) is 0 Å². The molecule has 0 bridgehead atoms. The van der Waals surface area contributed by atoms with Gasteiger partial charge in [0.05, 0.1) is 0 Å². The summed E-state index contributed by atoms with van der Waals surface area (Å²) < 4.78 is 6.09. The highest BCUT2D eigenvalue weighted by Gasteiger charge is 2.33. The minimum atomic E-state index is -0.439. The first-order chi connectivity index (χ1) is 12.1. The van der Waals surface area contributed by atoms with Crippen LogP contribution in [0.1, 0.15) is 50.5 Å². The fraction of sp³-hybridized carbons (Fsp3) is 0.714. The zero-order valence-corrected chi connectivity index (χ0v) is 15.8. The maximum absolute atomic E-state index is 10.7. The Balaban J connectivity index is 1.45. The van der Waals surface area contributed by atoms with Crippen molar-refractivity contribution in [2.45, 2.75) is 76.2 Å². The fourth-order valence-electron chi connectivity index (χ4n) is 4.31. The number of hydrogen-bond acceptors (Lipinski definition) is 4. The lowest BCUT2D eigenvalue weighted by atomic mass is 9.90. The van der Waals surface area contributed by atoms with Crippen molar-refractivity contribution in [3.8, 4) is 5.75 Å². The topological polar surface area (TPSA) is 44.7 Å². The Hall–Kier alpha value is -1.10. The van der Waals surface area contributed by atoms with Crippen LogP contribution in [-0.2, 0) is 0 Å². The highest BCUT2D eigenvalue weighted by molar-refractivity contribution is 5.27. The van der Waals surface area contributed by atoms with Crippen LogP contribution in [0.5, 0.6) is 5.75 Å². The van der Waals surface area contributed by atoms with E-state index < -0.39 is 6.10 Å². The number of nitrogens with one attached hydrogen (secondary N) is 1. The van der Waals surface area contributed by atoms with Gasteiger partial charge in [0.2, 0.25) is 0 Å². The van der Waals surface area contributed by atoms with Crippen molar-refractivity contribution in [3.05, 3.63) is 29.8 Å². The largest absolute Gasteiger partial charge is 0.488 e. The third-order valence-corrected chi connectivity index (χ3v) is 5.89. The standard InChI is InChI=1S/C21H34N2O2/c1-16-7-5-10-18(15-16)25-20-12-6-11-19(21(20)24)22-13-14-23(2)17-8-3-4-9-17/h5,7,10,15,17,19-22,24H,3-4,6,8-9,11-14H2,1-2H3/t19-,20+,21+/m0/s1. The van der Waals surface area contributed by atoms with E-state index in [1.165, 1.54) is 31.2 Å². The second kappa shape index (κ2) is 9.02. The van der Waals surface area contributed by atoms with E-state index >= 15 is 0 Å². The zero-order valence-electron chi connectivity index (χ0n) is 15.8. The summed E-state index contributed by atoms with van der Waals surface area (Å²) in [5.74, 6) is 0.866. The van der Waals surface area contributed by atoms with E-state index in [1.807, 2.05) is 18.2 Å². The van der Waals surface area contributed by atoms with Gasteiger partial charge in [-0.15, -0.1) is 0 Å². The monoisotopic (exact) mass is 346 g/mol. The first-order valence-corrected chi connectivity index (χ1v) is 9.98. The van der Waals surface area contributed by atoms with E-state index in [0.29, 0.717) is 0 Å². The van der Waals surface area contributed by atoms with Crippen LogP contribution in [0, 0.1) is 6.92 Å². The van der Waals surface area contributed by atoms with E-state index in [9.17, 15) is 5.11 Å². The lowest BCUT2D eigenvalue weighted by Gasteiger charge is -2.36. The van der Waals surface area contributed by atoms with Gasteiger partial charge in [-0.2, -0.15) is 0 Å². The number of nitrogens with zero attached hydrogens (tertiary/aromatic N) is 1. The molecule has 2 fully saturated rings. The van der Waals surface area contributed by atoms with Crippen molar-refractivity contribution in [1.82, 2.24) is 10.2 Å². The Morgan fingerprint density at radius 1 is 1.16 bits per heavy atom. The van der Waals surface area contributed by atoms with Crippen molar-refractivity contribution < 1.29 is 9.84 Å².